The molecule has 29 heavy (non-hydrogen) atoms. The average molecular weight is 396 g/mol. The van der Waals surface area contributed by atoms with E-state index in [1.54, 1.807) is 0 Å². The summed E-state index contributed by atoms with van der Waals surface area (Å²) in [6.45, 7) is 4.50. The van der Waals surface area contributed by atoms with Crippen LogP contribution in [0.5, 0.6) is 5.75 Å². The summed E-state index contributed by atoms with van der Waals surface area (Å²) < 4.78 is 8.09. The Labute approximate surface area is 171 Å². The smallest absolute Gasteiger partial charge is 0.249 e. The van der Waals surface area contributed by atoms with E-state index < -0.39 is 0 Å². The third-order valence-electron chi connectivity index (χ3n) is 5.58. The minimum Gasteiger partial charge on any atom is -0.494 e. The molecule has 1 saturated heterocycles. The summed E-state index contributed by atoms with van der Waals surface area (Å²) in [6.07, 6.45) is 12.4. The predicted octanol–water partition coefficient (Wildman–Crippen LogP) is 3.62. The zero-order chi connectivity index (χ0) is 20.1. The average Bonchev–Trinajstić information content (AvgIpc) is 3.34. The number of aromatic nitrogens is 2. The van der Waals surface area contributed by atoms with Gasteiger partial charge >= 0.3 is 0 Å². The number of aliphatic imine (C=N–C) groups is 1. The first kappa shape index (κ1) is 19.5. The number of benzene rings is 1. The van der Waals surface area contributed by atoms with Gasteiger partial charge in [-0.15, -0.1) is 0 Å². The number of unbranched alkanes of at least 4 members (excludes halogenated alkanes) is 4. The van der Waals surface area contributed by atoms with Crippen LogP contribution in [0.3, 0.4) is 0 Å². The second kappa shape index (κ2) is 9.11. The SMILES string of the molecule is CCC1C(=O)NC2=Nc3ccc(OCCCCCCCn4ccnc4)cc3CN21. The van der Waals surface area contributed by atoms with Crippen molar-refractivity contribution in [2.45, 2.75) is 64.6 Å². The molecule has 2 aliphatic rings. The molecule has 1 unspecified atom stereocenters. The number of fused-ring (bicyclic) bond motifs is 2. The van der Waals surface area contributed by atoms with Crippen molar-refractivity contribution in [3.05, 3.63) is 42.5 Å². The molecule has 0 spiro atoms. The normalized spacial score (nSPS) is 17.6. The van der Waals surface area contributed by atoms with E-state index in [-0.39, 0.29) is 11.9 Å². The molecule has 1 amide bonds. The lowest BCUT2D eigenvalue weighted by Crippen LogP contribution is -2.36. The number of guanidine groups is 1. The molecule has 1 aromatic carbocycles. The number of rotatable bonds is 10. The van der Waals surface area contributed by atoms with Crippen molar-refractivity contribution in [2.75, 3.05) is 6.61 Å². The van der Waals surface area contributed by atoms with Crippen molar-refractivity contribution in [3.8, 4) is 5.75 Å². The molecule has 4 rings (SSSR count). The Morgan fingerprint density at radius 1 is 1.21 bits per heavy atom. The fourth-order valence-corrected chi connectivity index (χ4v) is 3.96. The second-order valence-electron chi connectivity index (χ2n) is 7.68. The Kier molecular flexibility index (Phi) is 6.12. The van der Waals surface area contributed by atoms with Crippen LogP contribution in [0.1, 0.15) is 51.0 Å². The summed E-state index contributed by atoms with van der Waals surface area (Å²) in [5.41, 5.74) is 2.03. The maximum absolute atomic E-state index is 12.1. The molecule has 0 saturated carbocycles. The number of carbonyl (C=O) groups is 1. The number of ether oxygens (including phenoxy) is 1. The first-order valence-electron chi connectivity index (χ1n) is 10.6. The van der Waals surface area contributed by atoms with Crippen LogP contribution in [0, 0.1) is 0 Å². The number of nitrogens with zero attached hydrogens (tertiary/aromatic N) is 4. The minimum absolute atomic E-state index is 0.0422. The van der Waals surface area contributed by atoms with Gasteiger partial charge < -0.3 is 14.2 Å². The number of hydrogen-bond acceptors (Lipinski definition) is 5. The van der Waals surface area contributed by atoms with E-state index in [2.05, 4.69) is 30.8 Å². The summed E-state index contributed by atoms with van der Waals surface area (Å²) in [5, 5.41) is 2.88. The number of aryl methyl sites for hydroxylation is 1. The van der Waals surface area contributed by atoms with E-state index in [9.17, 15) is 4.79 Å². The van der Waals surface area contributed by atoms with Crippen LogP contribution in [-0.2, 0) is 17.9 Å². The van der Waals surface area contributed by atoms with Crippen LogP contribution in [-0.4, -0.2) is 39.0 Å². The van der Waals surface area contributed by atoms with Crippen molar-refractivity contribution in [1.29, 1.82) is 0 Å². The molecule has 1 aromatic heterocycles. The van der Waals surface area contributed by atoms with Crippen LogP contribution < -0.4 is 10.1 Å². The van der Waals surface area contributed by atoms with Crippen LogP contribution >= 0.6 is 0 Å². The minimum atomic E-state index is -0.125. The van der Waals surface area contributed by atoms with Crippen molar-refractivity contribution >= 4 is 17.6 Å². The van der Waals surface area contributed by atoms with Gasteiger partial charge in [0.25, 0.3) is 0 Å². The van der Waals surface area contributed by atoms with Crippen LogP contribution in [0.15, 0.2) is 41.9 Å². The number of imidazole rings is 1. The van der Waals surface area contributed by atoms with Crippen LogP contribution in [0.25, 0.3) is 0 Å². The van der Waals surface area contributed by atoms with E-state index in [1.807, 2.05) is 37.8 Å². The van der Waals surface area contributed by atoms with E-state index in [1.165, 1.54) is 25.7 Å². The molecular formula is C22H29N5O2. The Hall–Kier alpha value is -2.83. The summed E-state index contributed by atoms with van der Waals surface area (Å²) in [7, 11) is 0. The van der Waals surface area contributed by atoms with E-state index in [4.69, 9.17) is 4.74 Å². The van der Waals surface area contributed by atoms with Crippen LogP contribution in [0.2, 0.25) is 0 Å². The molecule has 2 aromatic rings. The first-order valence-corrected chi connectivity index (χ1v) is 10.6. The van der Waals surface area contributed by atoms with Crippen molar-refractivity contribution < 1.29 is 9.53 Å². The Morgan fingerprint density at radius 3 is 2.90 bits per heavy atom. The maximum atomic E-state index is 12.1. The summed E-state index contributed by atoms with van der Waals surface area (Å²) >= 11 is 0. The van der Waals surface area contributed by atoms with E-state index in [0.717, 1.165) is 43.0 Å². The lowest BCUT2D eigenvalue weighted by Gasteiger charge is -2.27. The van der Waals surface area contributed by atoms with Crippen LogP contribution in [0.4, 0.5) is 5.69 Å². The Balaban J connectivity index is 1.19. The molecule has 7 nitrogen and oxygen atoms in total. The zero-order valence-corrected chi connectivity index (χ0v) is 17.0. The molecule has 0 aliphatic carbocycles. The number of hydrogen-bond donors (Lipinski definition) is 1. The van der Waals surface area contributed by atoms with Gasteiger partial charge in [0, 0.05) is 31.0 Å². The molecule has 1 fully saturated rings. The fraction of sp³-hybridized carbons (Fsp3) is 0.500. The van der Waals surface area contributed by atoms with Gasteiger partial charge in [0.1, 0.15) is 11.8 Å². The monoisotopic (exact) mass is 395 g/mol. The number of nitrogens with one attached hydrogen (secondary N) is 1. The molecule has 7 heteroatoms. The van der Waals surface area contributed by atoms with Gasteiger partial charge in [-0.3, -0.25) is 10.1 Å². The quantitative estimate of drug-likeness (QED) is 0.624. The predicted molar refractivity (Wildman–Crippen MR) is 112 cm³/mol. The summed E-state index contributed by atoms with van der Waals surface area (Å²) in [4.78, 5) is 22.8. The zero-order valence-electron chi connectivity index (χ0n) is 17.0. The van der Waals surface area contributed by atoms with Crippen molar-refractivity contribution in [2.24, 2.45) is 4.99 Å². The van der Waals surface area contributed by atoms with Crippen molar-refractivity contribution in [3.63, 3.8) is 0 Å². The maximum Gasteiger partial charge on any atom is 0.249 e. The van der Waals surface area contributed by atoms with Gasteiger partial charge in [-0.25, -0.2) is 9.98 Å². The van der Waals surface area contributed by atoms with Gasteiger partial charge in [0.05, 0.1) is 18.6 Å². The highest BCUT2D eigenvalue weighted by Gasteiger charge is 2.37. The molecule has 1 N–H and O–H groups in total. The summed E-state index contributed by atoms with van der Waals surface area (Å²) in [5.74, 6) is 1.60. The van der Waals surface area contributed by atoms with Gasteiger partial charge in [0.2, 0.25) is 11.9 Å². The Morgan fingerprint density at radius 2 is 2.07 bits per heavy atom. The van der Waals surface area contributed by atoms with Gasteiger partial charge in [-0.2, -0.15) is 0 Å². The molecule has 0 radical (unpaired) electrons. The number of carbonyl (C=O) groups excluding carboxylic acids is 1. The fourth-order valence-electron chi connectivity index (χ4n) is 3.96. The highest BCUT2D eigenvalue weighted by Crippen LogP contribution is 2.32. The lowest BCUT2D eigenvalue weighted by atomic mass is 10.1. The third kappa shape index (κ3) is 4.60. The van der Waals surface area contributed by atoms with E-state index >= 15 is 0 Å². The van der Waals surface area contributed by atoms with Gasteiger partial charge in [0.15, 0.2) is 0 Å². The molecule has 2 aliphatic heterocycles. The van der Waals surface area contributed by atoms with Crippen molar-refractivity contribution in [1.82, 2.24) is 19.8 Å². The molecule has 1 atom stereocenters. The topological polar surface area (TPSA) is 71.7 Å². The largest absolute Gasteiger partial charge is 0.494 e. The number of amides is 1. The first-order chi connectivity index (χ1) is 14.2. The molecule has 0 bridgehead atoms. The van der Waals surface area contributed by atoms with Gasteiger partial charge in [-0.05, 0) is 37.5 Å². The van der Waals surface area contributed by atoms with E-state index in [0.29, 0.717) is 12.5 Å². The molecule has 154 valence electrons. The van der Waals surface area contributed by atoms with Gasteiger partial charge in [-0.1, -0.05) is 26.2 Å². The third-order valence-corrected chi connectivity index (χ3v) is 5.58. The lowest BCUT2D eigenvalue weighted by molar-refractivity contribution is -0.121. The second-order valence-corrected chi connectivity index (χ2v) is 7.68. The molecule has 3 heterocycles. The molecular weight excluding hydrogens is 366 g/mol. The highest BCUT2D eigenvalue weighted by molar-refractivity contribution is 6.07. The summed E-state index contributed by atoms with van der Waals surface area (Å²) in [6, 6.07) is 5.89. The Bertz CT molecular complexity index is 862. The standard InChI is InChI=1S/C22H29N5O2/c1-2-20-21(28)25-22-24-19-9-8-18(14-17(19)15-27(20)22)29-13-7-5-3-4-6-11-26-12-10-23-16-26/h8-10,12,14,16,20H,2-7,11,13,15H2,1H3,(H,24,25,28). The highest BCUT2D eigenvalue weighted by atomic mass is 16.5.